The van der Waals surface area contributed by atoms with Crippen molar-refractivity contribution in [2.75, 3.05) is 20.2 Å². The van der Waals surface area contributed by atoms with Crippen molar-refractivity contribution in [3.05, 3.63) is 29.8 Å². The maximum Gasteiger partial charge on any atom is 0.318 e. The number of carbonyl (C=O) groups excluding carboxylic acids is 1. The summed E-state index contributed by atoms with van der Waals surface area (Å²) in [5, 5.41) is 2.99. The molecule has 3 N–H and O–H groups in total. The van der Waals surface area contributed by atoms with Crippen molar-refractivity contribution in [3.8, 4) is 5.75 Å². The maximum absolute atomic E-state index is 11.8. The molecule has 2 amide bonds. The highest BCUT2D eigenvalue weighted by molar-refractivity contribution is 5.77. The van der Waals surface area contributed by atoms with E-state index in [1.807, 2.05) is 36.1 Å². The Labute approximate surface area is 113 Å². The van der Waals surface area contributed by atoms with Gasteiger partial charge in [-0.2, -0.15) is 0 Å². The van der Waals surface area contributed by atoms with Crippen molar-refractivity contribution in [3.63, 3.8) is 0 Å². The van der Waals surface area contributed by atoms with Gasteiger partial charge >= 0.3 is 6.03 Å². The van der Waals surface area contributed by atoms with E-state index in [0.717, 1.165) is 17.7 Å². The lowest BCUT2D eigenvalue weighted by Gasteiger charge is -2.16. The Hall–Kier alpha value is -1.75. The van der Waals surface area contributed by atoms with Gasteiger partial charge in [0.2, 0.25) is 0 Å². The Morgan fingerprint density at radius 3 is 2.74 bits per heavy atom. The number of carbonyl (C=O) groups is 1. The average Bonchev–Trinajstić information content (AvgIpc) is 2.78. The van der Waals surface area contributed by atoms with Crippen LogP contribution < -0.4 is 15.8 Å². The largest absolute Gasteiger partial charge is 0.497 e. The lowest BCUT2D eigenvalue weighted by molar-refractivity contribution is 0.216. The minimum Gasteiger partial charge on any atom is -0.497 e. The minimum absolute atomic E-state index is 0.0125. The van der Waals surface area contributed by atoms with Gasteiger partial charge in [0.25, 0.3) is 0 Å². The summed E-state index contributed by atoms with van der Waals surface area (Å²) in [5.41, 5.74) is 6.82. The molecule has 0 aliphatic carbocycles. The van der Waals surface area contributed by atoms with E-state index in [2.05, 4.69) is 5.32 Å². The van der Waals surface area contributed by atoms with Crippen LogP contribution in [-0.2, 0) is 0 Å². The van der Waals surface area contributed by atoms with Gasteiger partial charge in [0.1, 0.15) is 5.75 Å². The second kappa shape index (κ2) is 5.93. The second-order valence-corrected chi connectivity index (χ2v) is 4.99. The van der Waals surface area contributed by atoms with Crippen molar-refractivity contribution in [2.24, 2.45) is 5.73 Å². The molecule has 19 heavy (non-hydrogen) atoms. The Balaban J connectivity index is 1.97. The molecule has 0 saturated carbocycles. The monoisotopic (exact) mass is 263 g/mol. The van der Waals surface area contributed by atoms with Gasteiger partial charge in [0.15, 0.2) is 0 Å². The molecule has 0 aromatic heterocycles. The van der Waals surface area contributed by atoms with Crippen LogP contribution in [-0.4, -0.2) is 37.2 Å². The van der Waals surface area contributed by atoms with E-state index in [4.69, 9.17) is 10.5 Å². The van der Waals surface area contributed by atoms with Gasteiger partial charge in [0, 0.05) is 19.1 Å². The molecule has 104 valence electrons. The number of nitrogens with two attached hydrogens (primary N) is 1. The number of urea groups is 1. The van der Waals surface area contributed by atoms with Gasteiger partial charge in [-0.05, 0) is 31.0 Å². The van der Waals surface area contributed by atoms with E-state index in [9.17, 15) is 4.79 Å². The van der Waals surface area contributed by atoms with Crippen LogP contribution in [0.25, 0.3) is 0 Å². The summed E-state index contributed by atoms with van der Waals surface area (Å²) in [5.74, 6) is 0.821. The van der Waals surface area contributed by atoms with E-state index >= 15 is 0 Å². The number of ether oxygens (including phenoxy) is 1. The molecule has 0 radical (unpaired) electrons. The summed E-state index contributed by atoms with van der Waals surface area (Å²) in [6.07, 6.45) is 0.822. The fourth-order valence-electron chi connectivity index (χ4n) is 2.17. The van der Waals surface area contributed by atoms with E-state index in [1.54, 1.807) is 7.11 Å². The lowest BCUT2D eigenvalue weighted by Crippen LogP contribution is -2.32. The number of amides is 2. The second-order valence-electron chi connectivity index (χ2n) is 4.99. The quantitative estimate of drug-likeness (QED) is 0.846. The Kier molecular flexibility index (Phi) is 4.27. The minimum atomic E-state index is -0.0125. The maximum atomic E-state index is 11.8. The molecule has 1 aromatic rings. The zero-order chi connectivity index (χ0) is 13.8. The molecule has 5 heteroatoms. The van der Waals surface area contributed by atoms with Gasteiger partial charge in [-0.1, -0.05) is 12.1 Å². The topological polar surface area (TPSA) is 67.6 Å². The number of benzene rings is 1. The molecule has 2 unspecified atom stereocenters. The van der Waals surface area contributed by atoms with Gasteiger partial charge in [-0.15, -0.1) is 0 Å². The van der Waals surface area contributed by atoms with E-state index in [0.29, 0.717) is 13.1 Å². The van der Waals surface area contributed by atoms with Crippen molar-refractivity contribution in [2.45, 2.75) is 25.4 Å². The molecule has 1 aromatic carbocycles. The predicted octanol–water partition coefficient (Wildman–Crippen LogP) is 1.50. The van der Waals surface area contributed by atoms with Crippen LogP contribution in [0.3, 0.4) is 0 Å². The van der Waals surface area contributed by atoms with Gasteiger partial charge in [-0.25, -0.2) is 4.79 Å². The Morgan fingerprint density at radius 1 is 1.47 bits per heavy atom. The van der Waals surface area contributed by atoms with Crippen LogP contribution in [0, 0.1) is 0 Å². The van der Waals surface area contributed by atoms with Crippen molar-refractivity contribution < 1.29 is 9.53 Å². The van der Waals surface area contributed by atoms with Crippen LogP contribution in [0.5, 0.6) is 5.75 Å². The highest BCUT2D eigenvalue weighted by atomic mass is 16.5. The Bertz CT molecular complexity index is 431. The van der Waals surface area contributed by atoms with Crippen LogP contribution in [0.15, 0.2) is 24.3 Å². The number of methoxy groups -OCH3 is 1. The summed E-state index contributed by atoms with van der Waals surface area (Å²) >= 11 is 0. The summed E-state index contributed by atoms with van der Waals surface area (Å²) in [6, 6.07) is 7.94. The third-order valence-electron chi connectivity index (χ3n) is 3.36. The molecule has 0 bridgehead atoms. The number of rotatable bonds is 5. The van der Waals surface area contributed by atoms with Crippen LogP contribution in [0.2, 0.25) is 0 Å². The number of hydrogen-bond donors (Lipinski definition) is 2. The third-order valence-corrected chi connectivity index (χ3v) is 3.36. The van der Waals surface area contributed by atoms with Gasteiger partial charge < -0.3 is 20.7 Å². The van der Waals surface area contributed by atoms with Gasteiger partial charge in [-0.3, -0.25) is 0 Å². The smallest absolute Gasteiger partial charge is 0.318 e. The summed E-state index contributed by atoms with van der Waals surface area (Å²) in [7, 11) is 1.64. The van der Waals surface area contributed by atoms with Crippen LogP contribution in [0.4, 0.5) is 4.79 Å². The highest BCUT2D eigenvalue weighted by Gasteiger charge is 2.29. The first-order chi connectivity index (χ1) is 9.10. The summed E-state index contributed by atoms with van der Waals surface area (Å²) in [4.78, 5) is 13.7. The molecule has 2 rings (SSSR count). The molecular weight excluding hydrogens is 242 g/mol. The lowest BCUT2D eigenvalue weighted by atomic mass is 10.1. The first-order valence-corrected chi connectivity index (χ1v) is 6.55. The number of nitrogens with one attached hydrogen (secondary N) is 1. The Morgan fingerprint density at radius 2 is 2.16 bits per heavy atom. The molecular formula is C14H21N3O2. The molecule has 5 nitrogen and oxygen atoms in total. The molecule has 1 heterocycles. The van der Waals surface area contributed by atoms with Crippen LogP contribution >= 0.6 is 0 Å². The number of hydrogen-bond acceptors (Lipinski definition) is 3. The normalized spacial score (nSPS) is 20.3. The molecule has 1 saturated heterocycles. The summed E-state index contributed by atoms with van der Waals surface area (Å²) in [6.45, 7) is 3.35. The molecule has 1 aliphatic rings. The average molecular weight is 263 g/mol. The number of nitrogens with zero attached hydrogens (tertiary/aromatic N) is 1. The SMILES string of the molecule is COc1ccc(C2CN(CCC(C)N)C(=O)N2)cc1. The molecule has 2 atom stereocenters. The zero-order valence-corrected chi connectivity index (χ0v) is 11.4. The molecule has 1 fully saturated rings. The van der Waals surface area contributed by atoms with Crippen molar-refractivity contribution in [1.82, 2.24) is 10.2 Å². The van der Waals surface area contributed by atoms with E-state index in [1.165, 1.54) is 0 Å². The first kappa shape index (κ1) is 13.7. The van der Waals surface area contributed by atoms with Gasteiger partial charge in [0.05, 0.1) is 13.2 Å². The highest BCUT2D eigenvalue weighted by Crippen LogP contribution is 2.22. The first-order valence-electron chi connectivity index (χ1n) is 6.55. The predicted molar refractivity (Wildman–Crippen MR) is 74.1 cm³/mol. The fourth-order valence-corrected chi connectivity index (χ4v) is 2.17. The van der Waals surface area contributed by atoms with E-state index < -0.39 is 0 Å². The third kappa shape index (κ3) is 3.38. The van der Waals surface area contributed by atoms with E-state index in [-0.39, 0.29) is 18.1 Å². The standard InChI is InChI=1S/C14H21N3O2/c1-10(15)7-8-17-9-13(16-14(17)18)11-3-5-12(19-2)6-4-11/h3-6,10,13H,7-9,15H2,1-2H3,(H,16,18). The van der Waals surface area contributed by atoms with Crippen molar-refractivity contribution >= 4 is 6.03 Å². The molecule has 1 aliphatic heterocycles. The summed E-state index contributed by atoms with van der Waals surface area (Å²) < 4.78 is 5.13. The molecule has 0 spiro atoms. The van der Waals surface area contributed by atoms with Crippen LogP contribution in [0.1, 0.15) is 24.9 Å². The van der Waals surface area contributed by atoms with Crippen molar-refractivity contribution in [1.29, 1.82) is 0 Å². The fraction of sp³-hybridized carbons (Fsp3) is 0.500. The zero-order valence-electron chi connectivity index (χ0n) is 11.4.